The molecule has 1 aliphatic rings. The normalized spacial score (nSPS) is 17.7. The molecule has 0 amide bonds. The highest BCUT2D eigenvalue weighted by Gasteiger charge is 2.19. The zero-order chi connectivity index (χ0) is 12.3. The first kappa shape index (κ1) is 12.6. The molecule has 0 aliphatic heterocycles. The highest BCUT2D eigenvalue weighted by molar-refractivity contribution is 7.90. The Hall–Kier alpha value is -0.880. The molecule has 1 aromatic rings. The van der Waals surface area contributed by atoms with E-state index in [4.69, 9.17) is 5.73 Å². The van der Waals surface area contributed by atoms with Crippen LogP contribution in [0.4, 0.5) is 0 Å². The molecular weight excluding hydrogens is 238 g/mol. The van der Waals surface area contributed by atoms with Crippen molar-refractivity contribution in [3.63, 3.8) is 0 Å². The van der Waals surface area contributed by atoms with Crippen LogP contribution in [0.2, 0.25) is 0 Å². The monoisotopic (exact) mass is 257 g/mol. The number of rotatable bonds is 5. The highest BCUT2D eigenvalue weighted by atomic mass is 32.2. The molecule has 2 rings (SSSR count). The van der Waals surface area contributed by atoms with Crippen molar-refractivity contribution in [1.29, 1.82) is 0 Å². The third kappa shape index (κ3) is 3.29. The maximum atomic E-state index is 11.6. The first-order valence-electron chi connectivity index (χ1n) is 6.05. The Labute approximate surface area is 102 Å². The SMILES string of the molecule is NCCS(=O)(=O)Cc1ccn(C2CCCC2)n1. The lowest BCUT2D eigenvalue weighted by molar-refractivity contribution is 0.464. The topological polar surface area (TPSA) is 78.0 Å². The Morgan fingerprint density at radius 3 is 2.76 bits per heavy atom. The second-order valence-corrected chi connectivity index (χ2v) is 6.79. The van der Waals surface area contributed by atoms with E-state index in [0.717, 1.165) is 12.8 Å². The van der Waals surface area contributed by atoms with E-state index in [1.54, 1.807) is 6.07 Å². The van der Waals surface area contributed by atoms with E-state index < -0.39 is 9.84 Å². The Kier molecular flexibility index (Phi) is 3.83. The van der Waals surface area contributed by atoms with Gasteiger partial charge in [0, 0.05) is 12.7 Å². The fourth-order valence-corrected chi connectivity index (χ4v) is 3.41. The third-order valence-electron chi connectivity index (χ3n) is 3.16. The predicted octanol–water partition coefficient (Wildman–Crippen LogP) is 0.872. The van der Waals surface area contributed by atoms with Gasteiger partial charge in [0.1, 0.15) is 0 Å². The fraction of sp³-hybridized carbons (Fsp3) is 0.727. The molecule has 0 saturated heterocycles. The molecule has 1 aliphatic carbocycles. The first-order chi connectivity index (χ1) is 8.11. The Balaban J connectivity index is 2.03. The summed E-state index contributed by atoms with van der Waals surface area (Å²) < 4.78 is 25.1. The van der Waals surface area contributed by atoms with Gasteiger partial charge in [0.05, 0.1) is 23.2 Å². The molecule has 0 atom stereocenters. The summed E-state index contributed by atoms with van der Waals surface area (Å²) in [4.78, 5) is 0. The smallest absolute Gasteiger partial charge is 0.157 e. The van der Waals surface area contributed by atoms with E-state index in [2.05, 4.69) is 5.10 Å². The molecule has 1 heterocycles. The average Bonchev–Trinajstić information content (AvgIpc) is 2.85. The van der Waals surface area contributed by atoms with Crippen LogP contribution in [-0.4, -0.2) is 30.5 Å². The summed E-state index contributed by atoms with van der Waals surface area (Å²) in [6.45, 7) is 0.172. The zero-order valence-corrected chi connectivity index (χ0v) is 10.7. The molecule has 96 valence electrons. The van der Waals surface area contributed by atoms with Crippen LogP contribution in [0.5, 0.6) is 0 Å². The van der Waals surface area contributed by atoms with Crippen molar-refractivity contribution < 1.29 is 8.42 Å². The zero-order valence-electron chi connectivity index (χ0n) is 9.88. The summed E-state index contributed by atoms with van der Waals surface area (Å²) in [6, 6.07) is 2.26. The number of nitrogens with zero attached hydrogens (tertiary/aromatic N) is 2. The predicted molar refractivity (Wildman–Crippen MR) is 66.3 cm³/mol. The lowest BCUT2D eigenvalue weighted by Crippen LogP contribution is -2.17. The molecule has 6 heteroatoms. The van der Waals surface area contributed by atoms with Gasteiger partial charge in [-0.15, -0.1) is 0 Å². The van der Waals surface area contributed by atoms with Gasteiger partial charge >= 0.3 is 0 Å². The van der Waals surface area contributed by atoms with Gasteiger partial charge in [-0.25, -0.2) is 8.42 Å². The van der Waals surface area contributed by atoms with Crippen molar-refractivity contribution in [3.8, 4) is 0 Å². The molecular formula is C11H19N3O2S. The molecule has 1 fully saturated rings. The number of hydrogen-bond acceptors (Lipinski definition) is 4. The Bertz CT molecular complexity index is 461. The van der Waals surface area contributed by atoms with Crippen molar-refractivity contribution in [1.82, 2.24) is 9.78 Å². The fourth-order valence-electron chi connectivity index (χ4n) is 2.30. The summed E-state index contributed by atoms with van der Waals surface area (Å²) in [5, 5.41) is 4.36. The van der Waals surface area contributed by atoms with Gasteiger partial charge in [0.2, 0.25) is 0 Å². The van der Waals surface area contributed by atoms with Crippen molar-refractivity contribution in [3.05, 3.63) is 18.0 Å². The van der Waals surface area contributed by atoms with Gasteiger partial charge in [-0.05, 0) is 18.9 Å². The van der Waals surface area contributed by atoms with Gasteiger partial charge in [0.15, 0.2) is 9.84 Å². The van der Waals surface area contributed by atoms with E-state index in [0.29, 0.717) is 11.7 Å². The van der Waals surface area contributed by atoms with E-state index in [1.165, 1.54) is 12.8 Å². The van der Waals surface area contributed by atoms with Crippen molar-refractivity contribution >= 4 is 9.84 Å². The van der Waals surface area contributed by atoms with Gasteiger partial charge in [-0.1, -0.05) is 12.8 Å². The Morgan fingerprint density at radius 1 is 1.41 bits per heavy atom. The van der Waals surface area contributed by atoms with Crippen LogP contribution < -0.4 is 5.73 Å². The summed E-state index contributed by atoms with van der Waals surface area (Å²) in [5.41, 5.74) is 5.90. The third-order valence-corrected chi connectivity index (χ3v) is 4.75. The second kappa shape index (κ2) is 5.18. The van der Waals surface area contributed by atoms with Crippen LogP contribution in [0.1, 0.15) is 37.4 Å². The van der Waals surface area contributed by atoms with Gasteiger partial charge in [0.25, 0.3) is 0 Å². The molecule has 17 heavy (non-hydrogen) atoms. The highest BCUT2D eigenvalue weighted by Crippen LogP contribution is 2.28. The minimum Gasteiger partial charge on any atom is -0.329 e. The van der Waals surface area contributed by atoms with Gasteiger partial charge in [-0.2, -0.15) is 5.10 Å². The quantitative estimate of drug-likeness (QED) is 0.849. The second-order valence-electron chi connectivity index (χ2n) is 4.61. The molecule has 0 unspecified atom stereocenters. The number of sulfone groups is 1. The maximum absolute atomic E-state index is 11.6. The van der Waals surface area contributed by atoms with E-state index in [9.17, 15) is 8.42 Å². The number of nitrogens with two attached hydrogens (primary N) is 1. The molecule has 5 nitrogen and oxygen atoms in total. The van der Waals surface area contributed by atoms with Crippen LogP contribution in [-0.2, 0) is 15.6 Å². The molecule has 1 aromatic heterocycles. The van der Waals surface area contributed by atoms with Crippen LogP contribution >= 0.6 is 0 Å². The summed E-state index contributed by atoms with van der Waals surface area (Å²) >= 11 is 0. The van der Waals surface area contributed by atoms with Crippen LogP contribution in [0.3, 0.4) is 0 Å². The van der Waals surface area contributed by atoms with Crippen molar-refractivity contribution in [2.75, 3.05) is 12.3 Å². The molecule has 0 aromatic carbocycles. The lowest BCUT2D eigenvalue weighted by Gasteiger charge is -2.08. The van der Waals surface area contributed by atoms with Crippen LogP contribution in [0.25, 0.3) is 0 Å². The van der Waals surface area contributed by atoms with Crippen molar-refractivity contribution in [2.24, 2.45) is 5.73 Å². The maximum Gasteiger partial charge on any atom is 0.157 e. The number of hydrogen-bond donors (Lipinski definition) is 1. The number of aromatic nitrogens is 2. The summed E-state index contributed by atoms with van der Waals surface area (Å²) in [7, 11) is -3.10. The van der Waals surface area contributed by atoms with Crippen molar-refractivity contribution in [2.45, 2.75) is 37.5 Å². The molecule has 1 saturated carbocycles. The van der Waals surface area contributed by atoms with Gasteiger partial charge < -0.3 is 5.73 Å². The van der Waals surface area contributed by atoms with Crippen LogP contribution in [0.15, 0.2) is 12.3 Å². The lowest BCUT2D eigenvalue weighted by atomic mass is 10.3. The standard InChI is InChI=1S/C11H19N3O2S/c12-6-8-17(15,16)9-10-5-7-14(13-10)11-3-1-2-4-11/h5,7,11H,1-4,6,8-9,12H2. The summed E-state index contributed by atoms with van der Waals surface area (Å²) in [5.74, 6) is 0.0349. The molecule has 0 radical (unpaired) electrons. The van der Waals surface area contributed by atoms with Gasteiger partial charge in [-0.3, -0.25) is 4.68 Å². The van der Waals surface area contributed by atoms with E-state index in [-0.39, 0.29) is 18.1 Å². The van der Waals surface area contributed by atoms with E-state index in [1.807, 2.05) is 10.9 Å². The minimum atomic E-state index is -3.10. The first-order valence-corrected chi connectivity index (χ1v) is 7.87. The van der Waals surface area contributed by atoms with E-state index >= 15 is 0 Å². The van der Waals surface area contributed by atoms with Crippen LogP contribution in [0, 0.1) is 0 Å². The molecule has 0 spiro atoms. The Morgan fingerprint density at radius 2 is 2.12 bits per heavy atom. The molecule has 0 bridgehead atoms. The minimum absolute atomic E-state index is 0.00389. The summed E-state index contributed by atoms with van der Waals surface area (Å²) in [6.07, 6.45) is 6.67. The average molecular weight is 257 g/mol. The largest absolute Gasteiger partial charge is 0.329 e. The molecule has 2 N–H and O–H groups in total.